The van der Waals surface area contributed by atoms with Crippen LogP contribution in [0.5, 0.6) is 0 Å². The molecule has 0 radical (unpaired) electrons. The van der Waals surface area contributed by atoms with Gasteiger partial charge in [-0.25, -0.2) is 4.98 Å². The van der Waals surface area contributed by atoms with Gasteiger partial charge in [0.2, 0.25) is 0 Å². The van der Waals surface area contributed by atoms with Crippen LogP contribution in [0.4, 0.5) is 0 Å². The lowest BCUT2D eigenvalue weighted by Crippen LogP contribution is -2.49. The highest BCUT2D eigenvalue weighted by molar-refractivity contribution is 6.42. The quantitative estimate of drug-likeness (QED) is 0.628. The molecule has 2 aliphatic heterocycles. The maximum absolute atomic E-state index is 13.1. The Kier molecular flexibility index (Phi) is 4.62. The molecule has 2 aromatic heterocycles. The van der Waals surface area contributed by atoms with E-state index in [1.807, 2.05) is 16.8 Å². The predicted octanol–water partition coefficient (Wildman–Crippen LogP) is 4.25. The fourth-order valence-electron chi connectivity index (χ4n) is 4.73. The van der Waals surface area contributed by atoms with Crippen LogP contribution < -0.4 is 5.56 Å². The van der Waals surface area contributed by atoms with Crippen molar-refractivity contribution in [2.24, 2.45) is 0 Å². The highest BCUT2D eigenvalue weighted by Crippen LogP contribution is 2.38. The summed E-state index contributed by atoms with van der Waals surface area (Å²) in [5.41, 5.74) is 1.84. The molecule has 3 aromatic rings. The van der Waals surface area contributed by atoms with Gasteiger partial charge in [-0.15, -0.1) is 0 Å². The largest absolute Gasteiger partial charge is 0.296 e. The van der Waals surface area contributed by atoms with Crippen LogP contribution in [0.25, 0.3) is 10.9 Å². The average Bonchev–Trinajstić information content (AvgIpc) is 2.71. The Morgan fingerprint density at radius 3 is 2.82 bits per heavy atom. The van der Waals surface area contributed by atoms with Crippen molar-refractivity contribution < 1.29 is 0 Å². The van der Waals surface area contributed by atoms with Crippen LogP contribution >= 0.6 is 23.2 Å². The van der Waals surface area contributed by atoms with Crippen molar-refractivity contribution in [3.05, 3.63) is 68.4 Å². The molecule has 0 amide bonds. The normalized spacial score (nSPS) is 22.1. The van der Waals surface area contributed by atoms with Crippen molar-refractivity contribution in [1.29, 1.82) is 0 Å². The number of hydrogen-bond donors (Lipinski definition) is 0. The van der Waals surface area contributed by atoms with Crippen LogP contribution in [0.2, 0.25) is 10.0 Å². The number of piperidine rings is 1. The van der Waals surface area contributed by atoms with E-state index in [1.54, 1.807) is 18.3 Å². The molecule has 0 spiro atoms. The molecule has 28 heavy (non-hydrogen) atoms. The van der Waals surface area contributed by atoms with Crippen molar-refractivity contribution in [3.8, 4) is 0 Å². The Labute approximate surface area is 172 Å². The highest BCUT2D eigenvalue weighted by atomic mass is 35.5. The van der Waals surface area contributed by atoms with E-state index >= 15 is 0 Å². The molecule has 0 bridgehead atoms. The first-order valence-electron chi connectivity index (χ1n) is 9.64. The van der Waals surface area contributed by atoms with E-state index in [0.29, 0.717) is 33.5 Å². The Bertz CT molecular complexity index is 1100. The zero-order chi connectivity index (χ0) is 19.3. The van der Waals surface area contributed by atoms with Gasteiger partial charge in [0.1, 0.15) is 5.82 Å². The fourth-order valence-corrected chi connectivity index (χ4v) is 5.05. The number of halogens is 2. The van der Waals surface area contributed by atoms with Crippen LogP contribution in [0, 0.1) is 0 Å². The molecule has 1 saturated heterocycles. The molecular formula is C21H20Cl2N4O. The van der Waals surface area contributed by atoms with Gasteiger partial charge in [-0.2, -0.15) is 0 Å². The molecule has 5 rings (SSSR count). The standard InChI is InChI=1S/C21H20Cl2N4O/c22-16-9-15-18(10-17(16)23)25-20-14-4-2-7-26(12-13-3-1-6-24-11-13)19(14)5-8-27(20)21(15)28/h1,3,6,9-11,14,19H,2,4-5,7-8,12H2/t14-,19+/m0/s1. The molecule has 2 atom stereocenters. The van der Waals surface area contributed by atoms with Gasteiger partial charge in [0.25, 0.3) is 5.56 Å². The summed E-state index contributed by atoms with van der Waals surface area (Å²) in [6.07, 6.45) is 6.83. The topological polar surface area (TPSA) is 51.0 Å². The molecule has 1 fully saturated rings. The second-order valence-corrected chi connectivity index (χ2v) is 8.46. The van der Waals surface area contributed by atoms with E-state index in [1.165, 1.54) is 5.56 Å². The van der Waals surface area contributed by atoms with E-state index in [0.717, 1.165) is 38.2 Å². The summed E-state index contributed by atoms with van der Waals surface area (Å²) in [5.74, 6) is 1.15. The molecule has 5 nitrogen and oxygen atoms in total. The first-order valence-corrected chi connectivity index (χ1v) is 10.4. The SMILES string of the molecule is O=c1c2cc(Cl)c(Cl)cc2nc2n1CC[C@@H]1[C@@H]2CCCN1Cc1cccnc1. The number of aromatic nitrogens is 3. The lowest BCUT2D eigenvalue weighted by molar-refractivity contribution is 0.0888. The summed E-state index contributed by atoms with van der Waals surface area (Å²) < 4.78 is 1.85. The third-order valence-corrected chi connectivity index (χ3v) is 6.73. The van der Waals surface area contributed by atoms with Gasteiger partial charge in [-0.05, 0) is 49.6 Å². The average molecular weight is 415 g/mol. The van der Waals surface area contributed by atoms with Gasteiger partial charge in [-0.3, -0.25) is 19.2 Å². The van der Waals surface area contributed by atoms with Crippen LogP contribution in [-0.4, -0.2) is 32.0 Å². The van der Waals surface area contributed by atoms with Crippen LogP contribution in [0.3, 0.4) is 0 Å². The summed E-state index contributed by atoms with van der Waals surface area (Å²) >= 11 is 12.3. The van der Waals surface area contributed by atoms with E-state index in [-0.39, 0.29) is 11.5 Å². The lowest BCUT2D eigenvalue weighted by Gasteiger charge is -2.44. The minimum Gasteiger partial charge on any atom is -0.296 e. The third-order valence-electron chi connectivity index (χ3n) is 6.01. The van der Waals surface area contributed by atoms with Crippen LogP contribution in [0.1, 0.15) is 36.6 Å². The summed E-state index contributed by atoms with van der Waals surface area (Å²) in [7, 11) is 0. The minimum absolute atomic E-state index is 0.0126. The van der Waals surface area contributed by atoms with Crippen molar-refractivity contribution in [2.75, 3.05) is 6.54 Å². The summed E-state index contributed by atoms with van der Waals surface area (Å²) in [5, 5.41) is 1.36. The third kappa shape index (κ3) is 3.02. The van der Waals surface area contributed by atoms with Gasteiger partial charge >= 0.3 is 0 Å². The molecule has 4 heterocycles. The van der Waals surface area contributed by atoms with Crippen molar-refractivity contribution in [2.45, 2.75) is 44.3 Å². The van der Waals surface area contributed by atoms with E-state index < -0.39 is 0 Å². The Hall–Kier alpha value is -1.95. The van der Waals surface area contributed by atoms with Gasteiger partial charge in [0.05, 0.1) is 20.9 Å². The van der Waals surface area contributed by atoms with Crippen molar-refractivity contribution >= 4 is 34.1 Å². The molecule has 0 N–H and O–H groups in total. The summed E-state index contributed by atoms with van der Waals surface area (Å²) in [6.45, 7) is 2.63. The fraction of sp³-hybridized carbons (Fsp3) is 0.381. The lowest BCUT2D eigenvalue weighted by atomic mass is 9.83. The second-order valence-electron chi connectivity index (χ2n) is 7.65. The molecular weight excluding hydrogens is 395 g/mol. The Balaban J connectivity index is 1.55. The van der Waals surface area contributed by atoms with Gasteiger partial charge in [0.15, 0.2) is 0 Å². The number of pyridine rings is 1. The molecule has 0 unspecified atom stereocenters. The van der Waals surface area contributed by atoms with Gasteiger partial charge in [-0.1, -0.05) is 29.3 Å². The zero-order valence-electron chi connectivity index (χ0n) is 15.3. The van der Waals surface area contributed by atoms with E-state index in [2.05, 4.69) is 16.0 Å². The Morgan fingerprint density at radius 2 is 2.00 bits per heavy atom. The smallest absolute Gasteiger partial charge is 0.261 e. The number of nitrogens with zero attached hydrogens (tertiary/aromatic N) is 4. The van der Waals surface area contributed by atoms with Crippen LogP contribution in [-0.2, 0) is 13.1 Å². The number of likely N-dealkylation sites (tertiary alicyclic amines) is 1. The second kappa shape index (κ2) is 7.14. The number of benzene rings is 1. The molecule has 0 saturated carbocycles. The maximum atomic E-state index is 13.1. The summed E-state index contributed by atoms with van der Waals surface area (Å²) in [4.78, 5) is 24.7. The maximum Gasteiger partial charge on any atom is 0.261 e. The molecule has 144 valence electrons. The van der Waals surface area contributed by atoms with Crippen molar-refractivity contribution in [3.63, 3.8) is 0 Å². The van der Waals surface area contributed by atoms with Crippen LogP contribution in [0.15, 0.2) is 41.5 Å². The molecule has 2 aliphatic rings. The highest BCUT2D eigenvalue weighted by Gasteiger charge is 2.38. The van der Waals surface area contributed by atoms with E-state index in [4.69, 9.17) is 28.2 Å². The monoisotopic (exact) mass is 414 g/mol. The molecule has 0 aliphatic carbocycles. The van der Waals surface area contributed by atoms with E-state index in [9.17, 15) is 4.79 Å². The number of hydrogen-bond acceptors (Lipinski definition) is 4. The molecule has 7 heteroatoms. The van der Waals surface area contributed by atoms with Gasteiger partial charge < -0.3 is 0 Å². The Morgan fingerprint density at radius 1 is 1.14 bits per heavy atom. The first kappa shape index (κ1) is 18.1. The summed E-state index contributed by atoms with van der Waals surface area (Å²) in [6, 6.07) is 7.84. The first-order chi connectivity index (χ1) is 13.6. The number of rotatable bonds is 2. The minimum atomic E-state index is -0.0126. The number of fused-ring (bicyclic) bond motifs is 4. The molecule has 1 aromatic carbocycles. The van der Waals surface area contributed by atoms with Crippen molar-refractivity contribution in [1.82, 2.24) is 19.4 Å². The van der Waals surface area contributed by atoms with Gasteiger partial charge in [0, 0.05) is 37.4 Å². The zero-order valence-corrected chi connectivity index (χ0v) is 16.8. The predicted molar refractivity (Wildman–Crippen MR) is 111 cm³/mol.